The highest BCUT2D eigenvalue weighted by molar-refractivity contribution is 6.10. The fourth-order valence-corrected chi connectivity index (χ4v) is 6.31. The highest BCUT2D eigenvalue weighted by Crippen LogP contribution is 2.36. The molecule has 0 aliphatic heterocycles. The zero-order chi connectivity index (χ0) is 36.3. The van der Waals surface area contributed by atoms with Crippen LogP contribution in [0.4, 0.5) is 5.69 Å². The van der Waals surface area contributed by atoms with Crippen molar-refractivity contribution < 1.29 is 0 Å². The molecule has 0 aliphatic carbocycles. The number of nitrogens with zero attached hydrogens (tertiary/aromatic N) is 1. The number of nitrogens with two attached hydrogens (primary N) is 1. The van der Waals surface area contributed by atoms with Crippen molar-refractivity contribution in [3.8, 4) is 27.9 Å². The third kappa shape index (κ3) is 8.21. The molecule has 6 aromatic carbocycles. The van der Waals surface area contributed by atoms with Gasteiger partial charge in [0.1, 0.15) is 0 Å². The molecular weight excluding hydrogens is 629 g/mol. The van der Waals surface area contributed by atoms with Crippen LogP contribution in [0.15, 0.2) is 218 Å². The normalized spacial score (nSPS) is 12.0. The Morgan fingerprint density at radius 2 is 1.23 bits per heavy atom. The maximum atomic E-state index is 5.36. The van der Waals surface area contributed by atoms with Gasteiger partial charge in [-0.05, 0) is 113 Å². The van der Waals surface area contributed by atoms with Gasteiger partial charge in [0.15, 0.2) is 0 Å². The van der Waals surface area contributed by atoms with Crippen molar-refractivity contribution in [3.63, 3.8) is 0 Å². The summed E-state index contributed by atoms with van der Waals surface area (Å²) >= 11 is 0. The number of benzene rings is 6. The van der Waals surface area contributed by atoms with E-state index in [1.54, 1.807) is 0 Å². The van der Waals surface area contributed by atoms with Gasteiger partial charge in [0.25, 0.3) is 0 Å². The van der Waals surface area contributed by atoms with Crippen LogP contribution in [0.5, 0.6) is 0 Å². The van der Waals surface area contributed by atoms with Crippen molar-refractivity contribution >= 4 is 33.1 Å². The Kier molecular flexibility index (Phi) is 11.4. The number of hydrogen-bond acceptors (Lipinski definition) is 1. The van der Waals surface area contributed by atoms with Crippen LogP contribution in [0.25, 0.3) is 55.3 Å². The first-order chi connectivity index (χ1) is 25.5. The molecule has 0 saturated carbocycles. The van der Waals surface area contributed by atoms with E-state index in [-0.39, 0.29) is 0 Å². The molecule has 0 unspecified atom stereocenters. The number of aromatic nitrogens is 1. The second kappa shape index (κ2) is 16.8. The van der Waals surface area contributed by atoms with Crippen LogP contribution in [0.1, 0.15) is 19.4 Å². The summed E-state index contributed by atoms with van der Waals surface area (Å²) in [6.45, 7) is 12.3. The number of allylic oxidation sites excluding steroid dienone is 10. The van der Waals surface area contributed by atoms with Gasteiger partial charge >= 0.3 is 0 Å². The fraction of sp³-hybridized carbons (Fsp3) is 0.0400. The number of anilines is 1. The van der Waals surface area contributed by atoms with Crippen molar-refractivity contribution in [2.45, 2.75) is 13.8 Å². The molecule has 52 heavy (non-hydrogen) atoms. The Labute approximate surface area is 308 Å². The summed E-state index contributed by atoms with van der Waals surface area (Å²) in [7, 11) is 0. The molecule has 1 heterocycles. The molecule has 0 atom stereocenters. The van der Waals surface area contributed by atoms with Gasteiger partial charge < -0.3 is 10.3 Å². The molecule has 0 bridgehead atoms. The van der Waals surface area contributed by atoms with Gasteiger partial charge in [0.05, 0.1) is 11.0 Å². The van der Waals surface area contributed by atoms with Crippen LogP contribution in [0.3, 0.4) is 0 Å². The molecule has 7 aromatic rings. The van der Waals surface area contributed by atoms with Gasteiger partial charge in [0.2, 0.25) is 0 Å². The number of fused-ring (bicyclic) bond motifs is 3. The lowest BCUT2D eigenvalue weighted by molar-refractivity contribution is 1.18. The van der Waals surface area contributed by atoms with Crippen LogP contribution in [-0.2, 0) is 0 Å². The molecule has 254 valence electrons. The lowest BCUT2D eigenvalue weighted by Crippen LogP contribution is -1.92. The maximum Gasteiger partial charge on any atom is 0.0541 e. The molecular formula is C50H44N2. The Bertz CT molecular complexity index is 2450. The zero-order valence-electron chi connectivity index (χ0n) is 29.9. The van der Waals surface area contributed by atoms with E-state index in [0.717, 1.165) is 28.0 Å². The van der Waals surface area contributed by atoms with Crippen LogP contribution in [0.2, 0.25) is 0 Å². The molecule has 2 heteroatoms. The Morgan fingerprint density at radius 1 is 0.615 bits per heavy atom. The summed E-state index contributed by atoms with van der Waals surface area (Å²) in [6, 6.07) is 53.1. The van der Waals surface area contributed by atoms with E-state index in [4.69, 9.17) is 5.73 Å². The van der Waals surface area contributed by atoms with Crippen molar-refractivity contribution in [2.75, 3.05) is 5.73 Å². The minimum Gasteiger partial charge on any atom is -0.399 e. The number of hydrogen-bond donors (Lipinski definition) is 1. The van der Waals surface area contributed by atoms with Crippen molar-refractivity contribution in [1.29, 1.82) is 0 Å². The van der Waals surface area contributed by atoms with E-state index in [1.165, 1.54) is 49.7 Å². The monoisotopic (exact) mass is 672 g/mol. The lowest BCUT2D eigenvalue weighted by Gasteiger charge is -2.11. The summed E-state index contributed by atoms with van der Waals surface area (Å²) < 4.78 is 2.36. The molecule has 2 nitrogen and oxygen atoms in total. The molecule has 0 spiro atoms. The first kappa shape index (κ1) is 35.2. The Morgan fingerprint density at radius 3 is 1.90 bits per heavy atom. The van der Waals surface area contributed by atoms with Crippen molar-refractivity contribution in [3.05, 3.63) is 224 Å². The van der Waals surface area contributed by atoms with Crippen molar-refractivity contribution in [1.82, 2.24) is 4.57 Å². The topological polar surface area (TPSA) is 30.9 Å². The largest absolute Gasteiger partial charge is 0.399 e. The first-order valence-corrected chi connectivity index (χ1v) is 17.6. The SMILES string of the molecule is C=C/C=C(\C=C(/C)C(=C)/C=C\C=C/C)c1cccc(-c2cccc(-c3ccc4c(c3)c3ccccc3n4-c3ccccc3)c2)c1.Nc1ccccc1. The molecule has 1 aromatic heterocycles. The van der Waals surface area contributed by atoms with Crippen LogP contribution >= 0.6 is 0 Å². The number of para-hydroxylation sites is 3. The molecule has 0 fully saturated rings. The van der Waals surface area contributed by atoms with Gasteiger partial charge in [-0.15, -0.1) is 0 Å². The minimum atomic E-state index is 0.822. The first-order valence-electron chi connectivity index (χ1n) is 17.6. The summed E-state index contributed by atoms with van der Waals surface area (Å²) in [5.74, 6) is 0. The van der Waals surface area contributed by atoms with E-state index in [2.05, 4.69) is 158 Å². The summed E-state index contributed by atoms with van der Waals surface area (Å²) in [5.41, 5.74) is 18.8. The third-order valence-electron chi connectivity index (χ3n) is 8.99. The van der Waals surface area contributed by atoms with E-state index in [9.17, 15) is 0 Å². The van der Waals surface area contributed by atoms with Crippen LogP contribution < -0.4 is 5.73 Å². The smallest absolute Gasteiger partial charge is 0.0541 e. The van der Waals surface area contributed by atoms with Crippen LogP contribution in [-0.4, -0.2) is 4.57 Å². The highest BCUT2D eigenvalue weighted by atomic mass is 15.0. The molecule has 2 N–H and O–H groups in total. The average Bonchev–Trinajstić information content (AvgIpc) is 3.52. The fourth-order valence-electron chi connectivity index (χ4n) is 6.31. The van der Waals surface area contributed by atoms with Gasteiger partial charge in [0, 0.05) is 22.1 Å². The van der Waals surface area contributed by atoms with Gasteiger partial charge in [-0.25, -0.2) is 0 Å². The number of rotatable bonds is 9. The molecule has 0 aliphatic rings. The summed E-state index contributed by atoms with van der Waals surface area (Å²) in [5, 5.41) is 2.51. The lowest BCUT2D eigenvalue weighted by atomic mass is 9.94. The van der Waals surface area contributed by atoms with E-state index < -0.39 is 0 Å². The van der Waals surface area contributed by atoms with E-state index >= 15 is 0 Å². The second-order valence-electron chi connectivity index (χ2n) is 12.6. The number of nitrogen functional groups attached to an aromatic ring is 1. The average molecular weight is 673 g/mol. The van der Waals surface area contributed by atoms with E-state index in [0.29, 0.717) is 0 Å². The summed E-state index contributed by atoms with van der Waals surface area (Å²) in [4.78, 5) is 0. The molecule has 0 radical (unpaired) electrons. The summed E-state index contributed by atoms with van der Waals surface area (Å²) in [6.07, 6.45) is 14.2. The maximum absolute atomic E-state index is 5.36. The standard InChI is InChI=1S/C44H37N.C6H7N/c1-5-7-9-17-32(3)33(4)28-34(16-6-2)35-18-14-19-36(29-35)37-20-15-21-38(30-37)39-26-27-44-42(31-39)41-24-12-13-25-43(41)45(44)40-22-10-8-11-23-40;7-6-4-2-1-3-5-6/h5-31H,2-3H2,1,4H3;1-5H,7H2/b7-5-,17-9-,33-28+,34-16+;. The van der Waals surface area contributed by atoms with E-state index in [1.807, 2.05) is 67.6 Å². The quantitative estimate of drug-likeness (QED) is 0.120. The molecule has 0 amide bonds. The van der Waals surface area contributed by atoms with Gasteiger partial charge in [-0.1, -0.05) is 153 Å². The minimum absolute atomic E-state index is 0.822. The second-order valence-corrected chi connectivity index (χ2v) is 12.6. The van der Waals surface area contributed by atoms with Gasteiger partial charge in [-0.3, -0.25) is 0 Å². The Hall–Kier alpha value is -6.64. The molecule has 0 saturated heterocycles. The predicted molar refractivity (Wildman–Crippen MR) is 228 cm³/mol. The zero-order valence-corrected chi connectivity index (χ0v) is 29.9. The van der Waals surface area contributed by atoms with Gasteiger partial charge in [-0.2, -0.15) is 0 Å². The predicted octanol–water partition coefficient (Wildman–Crippen LogP) is 13.6. The highest BCUT2D eigenvalue weighted by Gasteiger charge is 2.13. The molecule has 7 rings (SSSR count). The van der Waals surface area contributed by atoms with Crippen molar-refractivity contribution in [2.24, 2.45) is 0 Å². The van der Waals surface area contributed by atoms with Crippen LogP contribution in [0, 0.1) is 0 Å². The Balaban J connectivity index is 0.000000594. The third-order valence-corrected chi connectivity index (χ3v) is 8.99.